The molecule has 0 radical (unpaired) electrons. The summed E-state index contributed by atoms with van der Waals surface area (Å²) in [5.41, 5.74) is 8.96. The van der Waals surface area contributed by atoms with Gasteiger partial charge in [0.05, 0.1) is 36.3 Å². The van der Waals surface area contributed by atoms with Crippen LogP contribution in [0.4, 0.5) is 11.4 Å². The van der Waals surface area contributed by atoms with E-state index in [1.807, 2.05) is 30.9 Å². The number of nitrogens with one attached hydrogen (secondary N) is 1. The third-order valence-electron chi connectivity index (χ3n) is 6.16. The van der Waals surface area contributed by atoms with Gasteiger partial charge in [0, 0.05) is 43.6 Å². The minimum atomic E-state index is -0.630. The quantitative estimate of drug-likeness (QED) is 0.582. The number of amides is 3. The van der Waals surface area contributed by atoms with Crippen molar-refractivity contribution in [2.24, 2.45) is 5.73 Å². The summed E-state index contributed by atoms with van der Waals surface area (Å²) in [7, 11) is 0. The van der Waals surface area contributed by atoms with Crippen LogP contribution in [0.3, 0.4) is 0 Å². The SMILES string of the molecule is CC(C)N1Cc2cc(NC(=O)c3cnn4cc(C(N)=O)cnc34)c(N3CCOCC3)cc2C1=O. The van der Waals surface area contributed by atoms with Crippen LogP contribution in [0.5, 0.6) is 0 Å². The number of hydrogen-bond donors (Lipinski definition) is 2. The van der Waals surface area contributed by atoms with Gasteiger partial charge in [-0.15, -0.1) is 0 Å². The zero-order chi connectivity index (χ0) is 24.0. The largest absolute Gasteiger partial charge is 0.378 e. The standard InChI is InChI=1S/C23H25N7O4/c1-13(2)29-11-14-7-18(19(8-16(14)23(29)33)28-3-5-34-6-4-28)27-22(32)17-10-26-30-12-15(20(24)31)9-25-21(17)30/h7-10,12-13H,3-6,11H2,1-2H3,(H2,24,31)(H,27,32). The molecule has 0 bridgehead atoms. The number of ether oxygens (including phenoxy) is 1. The Balaban J connectivity index is 1.51. The molecule has 2 aliphatic rings. The Morgan fingerprint density at radius 1 is 1.18 bits per heavy atom. The average molecular weight is 463 g/mol. The number of primary amides is 1. The van der Waals surface area contributed by atoms with Gasteiger partial charge in [0.15, 0.2) is 5.65 Å². The first-order chi connectivity index (χ1) is 16.3. The summed E-state index contributed by atoms with van der Waals surface area (Å²) in [5, 5.41) is 7.13. The molecule has 3 aromatic rings. The van der Waals surface area contributed by atoms with E-state index in [1.54, 1.807) is 0 Å². The summed E-state index contributed by atoms with van der Waals surface area (Å²) in [6.07, 6.45) is 4.15. The lowest BCUT2D eigenvalue weighted by Gasteiger charge is -2.31. The van der Waals surface area contributed by atoms with Crippen LogP contribution in [0.15, 0.2) is 30.7 Å². The highest BCUT2D eigenvalue weighted by Gasteiger charge is 2.32. The predicted molar refractivity (Wildman–Crippen MR) is 124 cm³/mol. The molecule has 3 N–H and O–H groups in total. The van der Waals surface area contributed by atoms with E-state index in [1.165, 1.54) is 23.1 Å². The lowest BCUT2D eigenvalue weighted by molar-refractivity contribution is 0.0730. The third-order valence-corrected chi connectivity index (χ3v) is 6.16. The van der Waals surface area contributed by atoms with Crippen LogP contribution in [0.1, 0.15) is 50.5 Å². The number of carbonyl (C=O) groups is 3. The van der Waals surface area contributed by atoms with Crippen LogP contribution in [0.2, 0.25) is 0 Å². The molecule has 2 aliphatic heterocycles. The molecule has 0 unspecified atom stereocenters. The van der Waals surface area contributed by atoms with Crippen LogP contribution in [-0.4, -0.2) is 69.6 Å². The van der Waals surface area contributed by atoms with E-state index < -0.39 is 11.8 Å². The van der Waals surface area contributed by atoms with Gasteiger partial charge in [-0.3, -0.25) is 14.4 Å². The minimum absolute atomic E-state index is 0.00512. The number of nitrogens with two attached hydrogens (primary N) is 1. The molecule has 176 valence electrons. The van der Waals surface area contributed by atoms with Gasteiger partial charge in [-0.2, -0.15) is 5.10 Å². The molecular weight excluding hydrogens is 438 g/mol. The van der Waals surface area contributed by atoms with Crippen molar-refractivity contribution >= 4 is 34.7 Å². The predicted octanol–water partition coefficient (Wildman–Crippen LogP) is 1.28. The van der Waals surface area contributed by atoms with E-state index in [-0.39, 0.29) is 23.1 Å². The molecule has 1 fully saturated rings. The molecule has 0 atom stereocenters. The van der Waals surface area contributed by atoms with Crippen LogP contribution < -0.4 is 16.0 Å². The smallest absolute Gasteiger partial charge is 0.261 e. The summed E-state index contributed by atoms with van der Waals surface area (Å²) >= 11 is 0. The Morgan fingerprint density at radius 3 is 2.65 bits per heavy atom. The van der Waals surface area contributed by atoms with Gasteiger partial charge < -0.3 is 25.6 Å². The highest BCUT2D eigenvalue weighted by atomic mass is 16.5. The maximum Gasteiger partial charge on any atom is 0.261 e. The first kappa shape index (κ1) is 21.8. The zero-order valence-electron chi connectivity index (χ0n) is 18.9. The normalized spacial score (nSPS) is 15.8. The van der Waals surface area contributed by atoms with Crippen molar-refractivity contribution in [2.75, 3.05) is 36.5 Å². The fourth-order valence-corrected chi connectivity index (χ4v) is 4.31. The van der Waals surface area contributed by atoms with E-state index in [0.29, 0.717) is 49.7 Å². The van der Waals surface area contributed by atoms with E-state index in [9.17, 15) is 14.4 Å². The van der Waals surface area contributed by atoms with Crippen molar-refractivity contribution in [3.63, 3.8) is 0 Å². The van der Waals surface area contributed by atoms with Crippen molar-refractivity contribution in [3.05, 3.63) is 53.0 Å². The zero-order valence-corrected chi connectivity index (χ0v) is 18.9. The first-order valence-electron chi connectivity index (χ1n) is 11.1. The number of nitrogens with zero attached hydrogens (tertiary/aromatic N) is 5. The van der Waals surface area contributed by atoms with E-state index in [4.69, 9.17) is 10.5 Å². The molecule has 5 rings (SSSR count). The van der Waals surface area contributed by atoms with Crippen LogP contribution in [-0.2, 0) is 11.3 Å². The number of anilines is 2. The fraction of sp³-hybridized carbons (Fsp3) is 0.348. The Kier molecular flexibility index (Phi) is 5.40. The number of hydrogen-bond acceptors (Lipinski definition) is 7. The first-order valence-corrected chi connectivity index (χ1v) is 11.1. The second-order valence-corrected chi connectivity index (χ2v) is 8.64. The Morgan fingerprint density at radius 2 is 1.94 bits per heavy atom. The van der Waals surface area contributed by atoms with Crippen LogP contribution >= 0.6 is 0 Å². The summed E-state index contributed by atoms with van der Waals surface area (Å²) < 4.78 is 6.83. The monoisotopic (exact) mass is 463 g/mol. The van der Waals surface area contributed by atoms with E-state index in [0.717, 1.165) is 11.3 Å². The van der Waals surface area contributed by atoms with E-state index in [2.05, 4.69) is 20.3 Å². The molecule has 0 aliphatic carbocycles. The lowest BCUT2D eigenvalue weighted by Crippen LogP contribution is -2.37. The third kappa shape index (κ3) is 3.73. The summed E-state index contributed by atoms with van der Waals surface area (Å²) in [6, 6.07) is 3.82. The van der Waals surface area contributed by atoms with Crippen LogP contribution in [0.25, 0.3) is 5.65 Å². The Bertz CT molecular complexity index is 1310. The second kappa shape index (κ2) is 8.41. The Hall–Kier alpha value is -3.99. The molecule has 3 amide bonds. The molecule has 4 heterocycles. The van der Waals surface area contributed by atoms with Crippen molar-refractivity contribution in [1.82, 2.24) is 19.5 Å². The molecule has 34 heavy (non-hydrogen) atoms. The molecule has 11 nitrogen and oxygen atoms in total. The van der Waals surface area contributed by atoms with Crippen LogP contribution in [0, 0.1) is 0 Å². The van der Waals surface area contributed by atoms with Crippen molar-refractivity contribution in [1.29, 1.82) is 0 Å². The molecule has 1 saturated heterocycles. The number of fused-ring (bicyclic) bond motifs is 2. The van der Waals surface area contributed by atoms with Crippen molar-refractivity contribution in [3.8, 4) is 0 Å². The molecule has 11 heteroatoms. The van der Waals surface area contributed by atoms with E-state index >= 15 is 0 Å². The fourth-order valence-electron chi connectivity index (χ4n) is 4.31. The number of aromatic nitrogens is 3. The summed E-state index contributed by atoms with van der Waals surface area (Å²) in [5.74, 6) is -1.03. The van der Waals surface area contributed by atoms with Gasteiger partial charge in [-0.25, -0.2) is 9.50 Å². The number of benzene rings is 1. The maximum atomic E-state index is 13.3. The molecule has 0 spiro atoms. The summed E-state index contributed by atoms with van der Waals surface area (Å²) in [4.78, 5) is 45.8. The topological polar surface area (TPSA) is 135 Å². The Labute approximate surface area is 195 Å². The summed E-state index contributed by atoms with van der Waals surface area (Å²) in [6.45, 7) is 6.89. The van der Waals surface area contributed by atoms with Gasteiger partial charge in [-0.05, 0) is 31.5 Å². The molecule has 1 aromatic carbocycles. The number of carbonyl (C=O) groups excluding carboxylic acids is 3. The highest BCUT2D eigenvalue weighted by molar-refractivity contribution is 6.10. The average Bonchev–Trinajstić information content (AvgIpc) is 3.39. The highest BCUT2D eigenvalue weighted by Crippen LogP contribution is 2.36. The van der Waals surface area contributed by atoms with Crippen molar-refractivity contribution in [2.45, 2.75) is 26.4 Å². The number of morpholine rings is 1. The molecular formula is C23H25N7O4. The molecule has 0 saturated carbocycles. The van der Waals surface area contributed by atoms with Gasteiger partial charge in [-0.1, -0.05) is 0 Å². The van der Waals surface area contributed by atoms with Gasteiger partial charge in [0.2, 0.25) is 0 Å². The maximum absolute atomic E-state index is 13.3. The number of rotatable bonds is 5. The molecule has 2 aromatic heterocycles. The van der Waals surface area contributed by atoms with Gasteiger partial charge in [0.25, 0.3) is 17.7 Å². The van der Waals surface area contributed by atoms with Gasteiger partial charge in [0.1, 0.15) is 5.56 Å². The second-order valence-electron chi connectivity index (χ2n) is 8.64. The van der Waals surface area contributed by atoms with Crippen molar-refractivity contribution < 1.29 is 19.1 Å². The van der Waals surface area contributed by atoms with Gasteiger partial charge >= 0.3 is 0 Å². The minimum Gasteiger partial charge on any atom is -0.378 e. The lowest BCUT2D eigenvalue weighted by atomic mass is 10.1.